The van der Waals surface area contributed by atoms with Gasteiger partial charge in [0.05, 0.1) is 0 Å². The summed E-state index contributed by atoms with van der Waals surface area (Å²) in [6.07, 6.45) is 10.9. The van der Waals surface area contributed by atoms with Gasteiger partial charge in [0, 0.05) is 17.0 Å². The second kappa shape index (κ2) is 9.05. The van der Waals surface area contributed by atoms with Crippen molar-refractivity contribution < 1.29 is 9.90 Å². The van der Waals surface area contributed by atoms with Crippen LogP contribution < -0.4 is 5.11 Å². The number of carbonyl (C=O) groups is 1. The molecule has 0 N–H and O–H groups in total. The van der Waals surface area contributed by atoms with Crippen molar-refractivity contribution in [3.8, 4) is 0 Å². The number of hydrogen-bond donors (Lipinski definition) is 0. The molecule has 1 fully saturated rings. The first kappa shape index (κ1) is 20.5. The number of hydrogen-bond acceptors (Lipinski definition) is 3. The van der Waals surface area contributed by atoms with Crippen LogP contribution in [0.3, 0.4) is 0 Å². The Morgan fingerprint density at radius 1 is 1.00 bits per heavy atom. The molecule has 0 aromatic heterocycles. The molecule has 0 atom stereocenters. The second-order valence-corrected chi connectivity index (χ2v) is 8.73. The Labute approximate surface area is 143 Å². The van der Waals surface area contributed by atoms with E-state index < -0.39 is 5.97 Å². The van der Waals surface area contributed by atoms with E-state index in [1.165, 1.54) is 45.1 Å². The van der Waals surface area contributed by atoms with Crippen LogP contribution in [-0.4, -0.2) is 28.5 Å². The summed E-state index contributed by atoms with van der Waals surface area (Å²) in [5.41, 5.74) is 0.605. The lowest BCUT2D eigenvalue weighted by Gasteiger charge is -2.55. The fourth-order valence-electron chi connectivity index (χ4n) is 4.79. The highest BCUT2D eigenvalue weighted by molar-refractivity contribution is 5.63. The molecule has 0 aliphatic carbocycles. The van der Waals surface area contributed by atoms with Crippen LogP contribution in [0.1, 0.15) is 98.8 Å². The van der Waals surface area contributed by atoms with Crippen LogP contribution in [0.15, 0.2) is 0 Å². The lowest BCUT2D eigenvalue weighted by Crippen LogP contribution is -2.60. The molecule has 136 valence electrons. The Morgan fingerprint density at radius 3 is 2.04 bits per heavy atom. The van der Waals surface area contributed by atoms with Gasteiger partial charge in [-0.1, -0.05) is 39.0 Å². The van der Waals surface area contributed by atoms with Crippen LogP contribution in [0.2, 0.25) is 0 Å². The first-order valence-electron chi connectivity index (χ1n) is 9.66. The standard InChI is InChI=1S/C20H39NO2/c1-6-14-21-19(2,3)15-17(16-20(21,4)5)12-10-8-7-9-11-13-18(22)23/h17H,6-16H2,1-5H3,(H,22,23)/p-1. The zero-order valence-electron chi connectivity index (χ0n) is 16.1. The van der Waals surface area contributed by atoms with Gasteiger partial charge < -0.3 is 9.90 Å². The summed E-state index contributed by atoms with van der Waals surface area (Å²) in [6.45, 7) is 13.1. The summed E-state index contributed by atoms with van der Waals surface area (Å²) in [7, 11) is 0. The minimum Gasteiger partial charge on any atom is -0.550 e. The number of aliphatic carboxylic acids is 1. The van der Waals surface area contributed by atoms with E-state index in [0.717, 1.165) is 25.2 Å². The third-order valence-electron chi connectivity index (χ3n) is 5.48. The number of nitrogens with zero attached hydrogens (tertiary/aromatic N) is 1. The van der Waals surface area contributed by atoms with E-state index in [2.05, 4.69) is 39.5 Å². The molecule has 0 spiro atoms. The van der Waals surface area contributed by atoms with Gasteiger partial charge in [-0.05, 0) is 72.3 Å². The van der Waals surface area contributed by atoms with Crippen molar-refractivity contribution in [1.82, 2.24) is 4.90 Å². The fourth-order valence-corrected chi connectivity index (χ4v) is 4.79. The molecule has 1 aliphatic rings. The largest absolute Gasteiger partial charge is 0.550 e. The summed E-state index contributed by atoms with van der Waals surface area (Å²) in [4.78, 5) is 13.1. The molecule has 3 heteroatoms. The van der Waals surface area contributed by atoms with Crippen LogP contribution in [0.5, 0.6) is 0 Å². The molecular formula is C20H38NO2-. The van der Waals surface area contributed by atoms with Crippen molar-refractivity contribution in [2.75, 3.05) is 6.54 Å². The van der Waals surface area contributed by atoms with Gasteiger partial charge in [0.15, 0.2) is 0 Å². The van der Waals surface area contributed by atoms with Gasteiger partial charge in [0.1, 0.15) is 0 Å². The van der Waals surface area contributed by atoms with Crippen molar-refractivity contribution in [3.05, 3.63) is 0 Å². The second-order valence-electron chi connectivity index (χ2n) is 8.73. The van der Waals surface area contributed by atoms with Crippen LogP contribution in [-0.2, 0) is 4.79 Å². The zero-order valence-corrected chi connectivity index (χ0v) is 16.1. The Hall–Kier alpha value is -0.570. The molecule has 0 aromatic carbocycles. The molecule has 0 aromatic rings. The topological polar surface area (TPSA) is 43.4 Å². The van der Waals surface area contributed by atoms with Crippen molar-refractivity contribution in [2.45, 2.75) is 110 Å². The predicted octanol–water partition coefficient (Wildman–Crippen LogP) is 4.15. The number of unbranched alkanes of at least 4 members (excludes halogenated alkanes) is 4. The summed E-state index contributed by atoms with van der Waals surface area (Å²) in [5.74, 6) is -0.0790. The lowest BCUT2D eigenvalue weighted by molar-refractivity contribution is -0.305. The smallest absolute Gasteiger partial charge is 0.0414 e. The molecule has 0 saturated carbocycles. The monoisotopic (exact) mass is 324 g/mol. The maximum Gasteiger partial charge on any atom is 0.0414 e. The molecular weight excluding hydrogens is 286 g/mol. The van der Waals surface area contributed by atoms with E-state index >= 15 is 0 Å². The fraction of sp³-hybridized carbons (Fsp3) is 0.950. The summed E-state index contributed by atoms with van der Waals surface area (Å²) >= 11 is 0. The highest BCUT2D eigenvalue weighted by Crippen LogP contribution is 2.43. The lowest BCUT2D eigenvalue weighted by atomic mass is 9.72. The SMILES string of the molecule is CCCN1C(C)(C)CC(CCCCCCCC(=O)[O-])CC1(C)C. The van der Waals surface area contributed by atoms with Gasteiger partial charge in [-0.15, -0.1) is 0 Å². The summed E-state index contributed by atoms with van der Waals surface area (Å²) in [5, 5.41) is 10.4. The minimum absolute atomic E-state index is 0.221. The van der Waals surface area contributed by atoms with Crippen molar-refractivity contribution in [1.29, 1.82) is 0 Å². The maximum absolute atomic E-state index is 10.4. The van der Waals surface area contributed by atoms with E-state index in [-0.39, 0.29) is 6.42 Å². The average molecular weight is 325 g/mol. The van der Waals surface area contributed by atoms with Crippen LogP contribution in [0.4, 0.5) is 0 Å². The highest BCUT2D eigenvalue weighted by Gasteiger charge is 2.44. The van der Waals surface area contributed by atoms with Crippen molar-refractivity contribution in [3.63, 3.8) is 0 Å². The normalized spacial score (nSPS) is 21.4. The number of piperidine rings is 1. The number of carboxylic acids is 1. The molecule has 23 heavy (non-hydrogen) atoms. The maximum atomic E-state index is 10.4. The predicted molar refractivity (Wildman–Crippen MR) is 95.2 cm³/mol. The van der Waals surface area contributed by atoms with E-state index in [1.807, 2.05) is 0 Å². The molecule has 0 radical (unpaired) electrons. The first-order valence-corrected chi connectivity index (χ1v) is 9.66. The quantitative estimate of drug-likeness (QED) is 0.567. The Kier molecular flexibility index (Phi) is 8.06. The third-order valence-corrected chi connectivity index (χ3v) is 5.48. The van der Waals surface area contributed by atoms with Crippen LogP contribution >= 0.6 is 0 Å². The number of rotatable bonds is 10. The van der Waals surface area contributed by atoms with E-state index in [0.29, 0.717) is 11.1 Å². The Bertz CT molecular complexity index is 345. The molecule has 0 bridgehead atoms. The van der Waals surface area contributed by atoms with Crippen LogP contribution in [0, 0.1) is 5.92 Å². The zero-order chi connectivity index (χ0) is 17.5. The van der Waals surface area contributed by atoms with Gasteiger partial charge in [0.2, 0.25) is 0 Å². The van der Waals surface area contributed by atoms with Gasteiger partial charge >= 0.3 is 0 Å². The third kappa shape index (κ3) is 6.82. The number of likely N-dealkylation sites (tertiary alicyclic amines) is 1. The molecule has 0 amide bonds. The highest BCUT2D eigenvalue weighted by atomic mass is 16.4. The molecule has 0 unspecified atom stereocenters. The van der Waals surface area contributed by atoms with Gasteiger partial charge in [0.25, 0.3) is 0 Å². The summed E-state index contributed by atoms with van der Waals surface area (Å²) < 4.78 is 0. The number of carboxylic acid groups (broad SMARTS) is 1. The van der Waals surface area contributed by atoms with Gasteiger partial charge in [-0.25, -0.2) is 0 Å². The number of carbonyl (C=O) groups excluding carboxylic acids is 1. The van der Waals surface area contributed by atoms with Crippen molar-refractivity contribution in [2.24, 2.45) is 5.92 Å². The Balaban J connectivity index is 2.32. The molecule has 1 aliphatic heterocycles. The average Bonchev–Trinajstić information content (AvgIpc) is 2.40. The van der Waals surface area contributed by atoms with Gasteiger partial charge in [-0.2, -0.15) is 0 Å². The molecule has 1 heterocycles. The molecule has 1 rings (SSSR count). The minimum atomic E-state index is -0.909. The van der Waals surface area contributed by atoms with E-state index in [1.54, 1.807) is 0 Å². The molecule has 3 nitrogen and oxygen atoms in total. The van der Waals surface area contributed by atoms with E-state index in [4.69, 9.17) is 0 Å². The van der Waals surface area contributed by atoms with Gasteiger partial charge in [-0.3, -0.25) is 4.90 Å². The Morgan fingerprint density at radius 2 is 1.52 bits per heavy atom. The first-order chi connectivity index (χ1) is 10.7. The van der Waals surface area contributed by atoms with E-state index in [9.17, 15) is 9.90 Å². The summed E-state index contributed by atoms with van der Waals surface area (Å²) in [6, 6.07) is 0. The van der Waals surface area contributed by atoms with Crippen molar-refractivity contribution >= 4 is 5.97 Å². The molecule has 1 saturated heterocycles. The van der Waals surface area contributed by atoms with Crippen LogP contribution in [0.25, 0.3) is 0 Å².